The third kappa shape index (κ3) is 5.10. The molecule has 2 aromatic rings. The lowest BCUT2D eigenvalue weighted by Gasteiger charge is -2.46. The summed E-state index contributed by atoms with van der Waals surface area (Å²) in [4.78, 5) is 15.0. The minimum Gasteiger partial charge on any atom is -0.497 e. The van der Waals surface area contributed by atoms with Crippen molar-refractivity contribution in [3.63, 3.8) is 0 Å². The summed E-state index contributed by atoms with van der Waals surface area (Å²) < 4.78 is 5.15. The molecule has 158 valence electrons. The number of anilines is 1. The third-order valence-corrected chi connectivity index (χ3v) is 6.60. The summed E-state index contributed by atoms with van der Waals surface area (Å²) in [6, 6.07) is 18.0. The number of carbonyl (C=O) groups is 1. The largest absolute Gasteiger partial charge is 0.497 e. The van der Waals surface area contributed by atoms with Crippen LogP contribution in [0.25, 0.3) is 0 Å². The molecule has 0 radical (unpaired) electrons. The Morgan fingerprint density at radius 3 is 2.21 bits per heavy atom. The molecule has 1 amide bonds. The van der Waals surface area contributed by atoms with Gasteiger partial charge in [0.2, 0.25) is 5.91 Å². The van der Waals surface area contributed by atoms with Crippen LogP contribution < -0.4 is 10.1 Å². The van der Waals surface area contributed by atoms with Crippen molar-refractivity contribution in [2.75, 3.05) is 26.5 Å². The van der Waals surface area contributed by atoms with Gasteiger partial charge in [-0.05, 0) is 75.5 Å². The summed E-state index contributed by atoms with van der Waals surface area (Å²) in [7, 11) is 5.90. The molecule has 0 bridgehead atoms. The lowest BCUT2D eigenvalue weighted by molar-refractivity contribution is -0.117. The summed E-state index contributed by atoms with van der Waals surface area (Å²) >= 11 is 6.59. The zero-order chi connectivity index (χ0) is 20.1. The first-order chi connectivity index (χ1) is 13.5. The van der Waals surface area contributed by atoms with E-state index < -0.39 is 5.38 Å². The number of halogens is 1. The van der Waals surface area contributed by atoms with Crippen LogP contribution in [0.4, 0.5) is 5.69 Å². The molecule has 3 N–H and O–H groups in total. The maximum Gasteiger partial charge on any atom is 0.242 e. The molecule has 2 aromatic carbocycles. The monoisotopic (exact) mass is 418 g/mol. The molecule has 1 aliphatic rings. The van der Waals surface area contributed by atoms with Gasteiger partial charge < -0.3 is 15.5 Å². The molecule has 0 spiro atoms. The van der Waals surface area contributed by atoms with Gasteiger partial charge in [-0.1, -0.05) is 30.3 Å². The van der Waals surface area contributed by atoms with Crippen molar-refractivity contribution in [3.8, 4) is 5.75 Å². The van der Waals surface area contributed by atoms with Gasteiger partial charge in [-0.3, -0.25) is 9.69 Å². The average Bonchev–Trinajstić information content (AvgIpc) is 2.74. The Hall–Kier alpha value is -2.08. The smallest absolute Gasteiger partial charge is 0.242 e. The average molecular weight is 419 g/mol. The Kier molecular flexibility index (Phi) is 8.08. The van der Waals surface area contributed by atoms with Gasteiger partial charge in [-0.25, -0.2) is 0 Å². The Morgan fingerprint density at radius 1 is 1.10 bits per heavy atom. The number of rotatable bonds is 6. The van der Waals surface area contributed by atoms with E-state index in [9.17, 15) is 4.79 Å². The molecule has 0 heterocycles. The van der Waals surface area contributed by atoms with Crippen LogP contribution in [0.2, 0.25) is 0 Å². The number of carbonyl (C=O) groups excluding carboxylic acids is 1. The zero-order valence-corrected chi connectivity index (χ0v) is 18.1. The van der Waals surface area contributed by atoms with Crippen molar-refractivity contribution in [2.24, 2.45) is 5.92 Å². The highest BCUT2D eigenvalue weighted by atomic mass is 35.5. The second-order valence-electron chi connectivity index (χ2n) is 7.75. The quantitative estimate of drug-likeness (QED) is 0.719. The van der Waals surface area contributed by atoms with Gasteiger partial charge in [0, 0.05) is 11.2 Å². The van der Waals surface area contributed by atoms with Gasteiger partial charge in [0.1, 0.15) is 11.1 Å². The molecule has 0 saturated heterocycles. The number of alkyl halides is 1. The van der Waals surface area contributed by atoms with Crippen LogP contribution in [0.15, 0.2) is 54.6 Å². The topological polar surface area (TPSA) is 73.1 Å². The number of methoxy groups -OCH3 is 1. The number of hydrogen-bond donors (Lipinski definition) is 1. The van der Waals surface area contributed by atoms with Crippen molar-refractivity contribution >= 4 is 23.2 Å². The minimum absolute atomic E-state index is 0. The number of hydrogen-bond acceptors (Lipinski definition) is 3. The van der Waals surface area contributed by atoms with E-state index in [1.54, 1.807) is 7.11 Å². The Bertz CT molecular complexity index is 772. The second-order valence-corrected chi connectivity index (χ2v) is 8.22. The Morgan fingerprint density at radius 2 is 1.69 bits per heavy atom. The molecule has 1 atom stereocenters. The van der Waals surface area contributed by atoms with Crippen molar-refractivity contribution in [2.45, 2.75) is 36.6 Å². The maximum absolute atomic E-state index is 12.6. The maximum atomic E-state index is 12.6. The molecule has 0 aromatic heterocycles. The van der Waals surface area contributed by atoms with Gasteiger partial charge >= 0.3 is 0 Å². The van der Waals surface area contributed by atoms with E-state index >= 15 is 0 Å². The van der Waals surface area contributed by atoms with E-state index in [4.69, 9.17) is 16.3 Å². The first-order valence-electron chi connectivity index (χ1n) is 9.78. The summed E-state index contributed by atoms with van der Waals surface area (Å²) in [5.74, 6) is 0.805. The van der Waals surface area contributed by atoms with Gasteiger partial charge in [0.05, 0.1) is 7.11 Å². The summed E-state index contributed by atoms with van der Waals surface area (Å²) in [6.45, 7) is 0. The third-order valence-electron chi connectivity index (χ3n) is 6.05. The molecule has 1 unspecified atom stereocenters. The molecular formula is C23H31ClN2O3. The first-order valence-corrected chi connectivity index (χ1v) is 10.2. The molecule has 1 saturated carbocycles. The zero-order valence-electron chi connectivity index (χ0n) is 17.3. The van der Waals surface area contributed by atoms with Crippen LogP contribution >= 0.6 is 11.6 Å². The fraction of sp³-hybridized carbons (Fsp3) is 0.435. The van der Waals surface area contributed by atoms with Gasteiger partial charge in [-0.2, -0.15) is 0 Å². The van der Waals surface area contributed by atoms with Crippen LogP contribution in [0.3, 0.4) is 0 Å². The molecule has 5 nitrogen and oxygen atoms in total. The lowest BCUT2D eigenvalue weighted by Crippen LogP contribution is -2.46. The number of nitrogens with zero attached hydrogens (tertiary/aromatic N) is 1. The van der Waals surface area contributed by atoms with E-state index in [1.165, 1.54) is 5.56 Å². The van der Waals surface area contributed by atoms with Gasteiger partial charge in [0.25, 0.3) is 0 Å². The highest BCUT2D eigenvalue weighted by Gasteiger charge is 2.41. The van der Waals surface area contributed by atoms with Crippen molar-refractivity contribution in [3.05, 3.63) is 60.2 Å². The molecule has 1 aliphatic carbocycles. The van der Waals surface area contributed by atoms with Crippen molar-refractivity contribution < 1.29 is 15.0 Å². The molecule has 29 heavy (non-hydrogen) atoms. The summed E-state index contributed by atoms with van der Waals surface area (Å²) in [6.07, 6.45) is 3.84. The van der Waals surface area contributed by atoms with E-state index in [2.05, 4.69) is 54.6 Å². The lowest BCUT2D eigenvalue weighted by atomic mass is 9.71. The predicted octanol–water partition coefficient (Wildman–Crippen LogP) is 4.06. The molecule has 1 fully saturated rings. The number of benzene rings is 2. The number of ether oxygens (including phenoxy) is 1. The highest BCUT2D eigenvalue weighted by molar-refractivity contribution is 6.32. The van der Waals surface area contributed by atoms with E-state index in [0.717, 1.165) is 37.1 Å². The summed E-state index contributed by atoms with van der Waals surface area (Å²) in [5, 5.41) is 2.40. The van der Waals surface area contributed by atoms with Crippen LogP contribution in [0, 0.1) is 5.92 Å². The predicted molar refractivity (Wildman–Crippen MR) is 119 cm³/mol. The SMILES string of the molecule is COc1ccc(NC(=O)C(Cl)C2CCC(c3ccccc3)(N(C)C)CC2)cc1.O. The van der Waals surface area contributed by atoms with Gasteiger partial charge in [0.15, 0.2) is 0 Å². The van der Waals surface area contributed by atoms with E-state index in [1.807, 2.05) is 24.3 Å². The Balaban J connectivity index is 0.00000300. The van der Waals surface area contributed by atoms with Crippen LogP contribution in [0.1, 0.15) is 31.2 Å². The first kappa shape index (κ1) is 23.2. The van der Waals surface area contributed by atoms with E-state index in [0.29, 0.717) is 0 Å². The fourth-order valence-electron chi connectivity index (χ4n) is 4.25. The number of nitrogens with one attached hydrogen (secondary N) is 1. The molecule has 3 rings (SSSR count). The molecule has 0 aliphatic heterocycles. The normalized spacial score (nSPS) is 22.4. The molecule has 6 heteroatoms. The summed E-state index contributed by atoms with van der Waals surface area (Å²) in [5.41, 5.74) is 2.09. The Labute approximate surface area is 178 Å². The molecular weight excluding hydrogens is 388 g/mol. The highest BCUT2D eigenvalue weighted by Crippen LogP contribution is 2.44. The number of amides is 1. The van der Waals surface area contributed by atoms with Crippen LogP contribution in [-0.4, -0.2) is 42.9 Å². The van der Waals surface area contributed by atoms with Crippen molar-refractivity contribution in [1.82, 2.24) is 4.90 Å². The van der Waals surface area contributed by atoms with Gasteiger partial charge in [-0.15, -0.1) is 11.6 Å². The second kappa shape index (κ2) is 10.1. The van der Waals surface area contributed by atoms with E-state index in [-0.39, 0.29) is 22.8 Å². The minimum atomic E-state index is -0.530. The standard InChI is InChI=1S/C23H29ClN2O2.H2O/c1-26(2)23(18-7-5-4-6-8-18)15-13-17(14-16-23)21(24)22(27)25-19-9-11-20(28-3)12-10-19;/h4-12,17,21H,13-16H2,1-3H3,(H,25,27);1H2. The fourth-order valence-corrected chi connectivity index (χ4v) is 4.56. The van der Waals surface area contributed by atoms with Crippen LogP contribution in [-0.2, 0) is 10.3 Å². The van der Waals surface area contributed by atoms with Crippen molar-refractivity contribution in [1.29, 1.82) is 0 Å². The van der Waals surface area contributed by atoms with Crippen LogP contribution in [0.5, 0.6) is 5.75 Å².